The molecule has 0 unspecified atom stereocenters. The summed E-state index contributed by atoms with van der Waals surface area (Å²) in [5.41, 5.74) is -4.40. The SMILES string of the molecule is COCCNCCNS(=O)(=O)c1ccc(SC(F)(F)F)cc1.Cl. The molecule has 0 aliphatic carbocycles. The number of methoxy groups -OCH3 is 1. The Morgan fingerprint density at radius 2 is 1.74 bits per heavy atom. The van der Waals surface area contributed by atoms with Gasteiger partial charge in [-0.2, -0.15) is 13.2 Å². The molecule has 1 aromatic carbocycles. The lowest BCUT2D eigenvalue weighted by Gasteiger charge is -2.09. The number of alkyl halides is 3. The Kier molecular flexibility index (Phi) is 10.1. The minimum Gasteiger partial charge on any atom is -0.383 e. The van der Waals surface area contributed by atoms with Crippen LogP contribution in [0.2, 0.25) is 0 Å². The highest BCUT2D eigenvalue weighted by Crippen LogP contribution is 2.36. The van der Waals surface area contributed by atoms with Crippen molar-refractivity contribution >= 4 is 34.2 Å². The molecule has 1 rings (SSSR count). The van der Waals surface area contributed by atoms with Gasteiger partial charge in [0.05, 0.1) is 11.5 Å². The van der Waals surface area contributed by atoms with Crippen molar-refractivity contribution in [3.05, 3.63) is 24.3 Å². The van der Waals surface area contributed by atoms with Crippen molar-refractivity contribution in [1.29, 1.82) is 0 Å². The molecule has 0 fully saturated rings. The van der Waals surface area contributed by atoms with Gasteiger partial charge in [-0.3, -0.25) is 0 Å². The van der Waals surface area contributed by atoms with E-state index in [-0.39, 0.29) is 40.5 Å². The summed E-state index contributed by atoms with van der Waals surface area (Å²) in [7, 11) is -2.16. The first-order valence-electron chi connectivity index (χ1n) is 6.30. The number of sulfonamides is 1. The molecule has 0 aliphatic rings. The van der Waals surface area contributed by atoms with Gasteiger partial charge in [0.1, 0.15) is 0 Å². The number of thioether (sulfide) groups is 1. The third kappa shape index (κ3) is 9.38. The van der Waals surface area contributed by atoms with Crippen LogP contribution in [0.1, 0.15) is 0 Å². The topological polar surface area (TPSA) is 67.4 Å². The van der Waals surface area contributed by atoms with E-state index in [0.29, 0.717) is 19.7 Å². The van der Waals surface area contributed by atoms with E-state index in [1.165, 1.54) is 0 Å². The van der Waals surface area contributed by atoms with E-state index in [4.69, 9.17) is 4.74 Å². The van der Waals surface area contributed by atoms with Gasteiger partial charge in [0.2, 0.25) is 10.0 Å². The number of hydrogen-bond acceptors (Lipinski definition) is 5. The predicted molar refractivity (Wildman–Crippen MR) is 85.5 cm³/mol. The maximum Gasteiger partial charge on any atom is 0.446 e. The largest absolute Gasteiger partial charge is 0.446 e. The van der Waals surface area contributed by atoms with Crippen LogP contribution in [0.4, 0.5) is 13.2 Å². The fourth-order valence-electron chi connectivity index (χ4n) is 1.48. The molecule has 0 atom stereocenters. The molecule has 0 saturated heterocycles. The highest BCUT2D eigenvalue weighted by molar-refractivity contribution is 8.00. The summed E-state index contributed by atoms with van der Waals surface area (Å²) >= 11 is -0.288. The number of ether oxygens (including phenoxy) is 1. The van der Waals surface area contributed by atoms with Crippen molar-refractivity contribution in [2.45, 2.75) is 15.3 Å². The second-order valence-corrected chi connectivity index (χ2v) is 7.07. The summed E-state index contributed by atoms with van der Waals surface area (Å²) < 4.78 is 67.6. The lowest BCUT2D eigenvalue weighted by atomic mass is 10.4. The Morgan fingerprint density at radius 1 is 1.13 bits per heavy atom. The van der Waals surface area contributed by atoms with Crippen LogP contribution in [-0.4, -0.2) is 47.3 Å². The van der Waals surface area contributed by atoms with E-state index in [1.807, 2.05) is 0 Å². The van der Waals surface area contributed by atoms with E-state index < -0.39 is 15.5 Å². The van der Waals surface area contributed by atoms with Crippen molar-refractivity contribution in [1.82, 2.24) is 10.0 Å². The van der Waals surface area contributed by atoms with Crippen LogP contribution in [-0.2, 0) is 14.8 Å². The van der Waals surface area contributed by atoms with Crippen molar-refractivity contribution in [2.75, 3.05) is 33.4 Å². The van der Waals surface area contributed by atoms with Crippen molar-refractivity contribution in [2.24, 2.45) is 0 Å². The molecule has 0 saturated carbocycles. The monoisotopic (exact) mass is 394 g/mol. The second kappa shape index (κ2) is 10.4. The van der Waals surface area contributed by atoms with Crippen LogP contribution < -0.4 is 10.0 Å². The Morgan fingerprint density at radius 3 is 2.26 bits per heavy atom. The van der Waals surface area contributed by atoms with Gasteiger partial charge >= 0.3 is 5.51 Å². The lowest BCUT2D eigenvalue weighted by Crippen LogP contribution is -2.33. The highest BCUT2D eigenvalue weighted by atomic mass is 35.5. The predicted octanol–water partition coefficient (Wildman–Crippen LogP) is 2.23. The maximum absolute atomic E-state index is 12.2. The molecule has 0 radical (unpaired) electrons. The highest BCUT2D eigenvalue weighted by Gasteiger charge is 2.29. The number of nitrogens with one attached hydrogen (secondary N) is 2. The Bertz CT molecular complexity index is 554. The average molecular weight is 395 g/mol. The molecule has 0 heterocycles. The molecule has 23 heavy (non-hydrogen) atoms. The zero-order chi connectivity index (χ0) is 16.6. The summed E-state index contributed by atoms with van der Waals surface area (Å²) in [6, 6.07) is 4.55. The third-order valence-corrected chi connectivity index (χ3v) is 4.66. The molecule has 1 aromatic rings. The summed E-state index contributed by atoms with van der Waals surface area (Å²) in [4.78, 5) is -0.136. The summed E-state index contributed by atoms with van der Waals surface area (Å²) in [5.74, 6) is 0. The average Bonchev–Trinajstić information content (AvgIpc) is 2.41. The van der Waals surface area contributed by atoms with Gasteiger partial charge in [0.15, 0.2) is 0 Å². The Balaban J connectivity index is 0.00000484. The van der Waals surface area contributed by atoms with Crippen LogP contribution >= 0.6 is 24.2 Å². The van der Waals surface area contributed by atoms with Gasteiger partial charge in [-0.15, -0.1) is 12.4 Å². The minimum absolute atomic E-state index is 0. The molecular formula is C12H18ClF3N2O3S2. The Hall–Kier alpha value is -0.520. The molecule has 0 bridgehead atoms. The van der Waals surface area contributed by atoms with Crippen LogP contribution in [0.25, 0.3) is 0 Å². The molecule has 5 nitrogen and oxygen atoms in total. The third-order valence-electron chi connectivity index (χ3n) is 2.44. The molecule has 2 N–H and O–H groups in total. The van der Waals surface area contributed by atoms with E-state index >= 15 is 0 Å². The molecular weight excluding hydrogens is 377 g/mol. The van der Waals surface area contributed by atoms with Crippen LogP contribution in [0.15, 0.2) is 34.1 Å². The summed E-state index contributed by atoms with van der Waals surface area (Å²) in [6.45, 7) is 1.71. The summed E-state index contributed by atoms with van der Waals surface area (Å²) in [5, 5.41) is 2.96. The zero-order valence-electron chi connectivity index (χ0n) is 12.2. The first-order chi connectivity index (χ1) is 10.2. The normalized spacial score (nSPS) is 12.0. The fraction of sp³-hybridized carbons (Fsp3) is 0.500. The van der Waals surface area contributed by atoms with Gasteiger partial charge in [-0.05, 0) is 36.0 Å². The van der Waals surface area contributed by atoms with E-state index in [2.05, 4.69) is 10.0 Å². The summed E-state index contributed by atoms with van der Waals surface area (Å²) in [6.07, 6.45) is 0. The fourth-order valence-corrected chi connectivity index (χ4v) is 3.05. The number of halogens is 4. The first-order valence-corrected chi connectivity index (χ1v) is 8.60. The number of benzene rings is 1. The standard InChI is InChI=1S/C12H17F3N2O3S2.ClH/c1-20-9-8-16-6-7-17-22(18,19)11-4-2-10(3-5-11)21-12(13,14)15;/h2-5,16-17H,6-9H2,1H3;1H. The van der Waals surface area contributed by atoms with E-state index in [9.17, 15) is 21.6 Å². The number of hydrogen-bond donors (Lipinski definition) is 2. The van der Waals surface area contributed by atoms with Crippen LogP contribution in [0.3, 0.4) is 0 Å². The van der Waals surface area contributed by atoms with Crippen molar-refractivity contribution in [3.63, 3.8) is 0 Å². The minimum atomic E-state index is -4.40. The lowest BCUT2D eigenvalue weighted by molar-refractivity contribution is -0.0328. The molecule has 0 spiro atoms. The first kappa shape index (κ1) is 22.5. The quantitative estimate of drug-likeness (QED) is 0.496. The maximum atomic E-state index is 12.2. The van der Waals surface area contributed by atoms with Gasteiger partial charge in [0, 0.05) is 31.6 Å². The Labute approximate surface area is 143 Å². The molecule has 11 heteroatoms. The van der Waals surface area contributed by atoms with Crippen LogP contribution in [0.5, 0.6) is 0 Å². The van der Waals surface area contributed by atoms with E-state index in [0.717, 1.165) is 24.3 Å². The second-order valence-electron chi connectivity index (χ2n) is 4.16. The van der Waals surface area contributed by atoms with Crippen molar-refractivity contribution in [3.8, 4) is 0 Å². The molecule has 0 amide bonds. The van der Waals surface area contributed by atoms with Gasteiger partial charge in [0.25, 0.3) is 0 Å². The molecule has 0 aliphatic heterocycles. The smallest absolute Gasteiger partial charge is 0.383 e. The molecule has 0 aromatic heterocycles. The van der Waals surface area contributed by atoms with Gasteiger partial charge in [-0.1, -0.05) is 0 Å². The van der Waals surface area contributed by atoms with Gasteiger partial charge < -0.3 is 10.1 Å². The van der Waals surface area contributed by atoms with Gasteiger partial charge in [-0.25, -0.2) is 13.1 Å². The van der Waals surface area contributed by atoms with Crippen LogP contribution in [0, 0.1) is 0 Å². The zero-order valence-corrected chi connectivity index (χ0v) is 14.7. The number of rotatable bonds is 9. The molecule has 134 valence electrons. The van der Waals surface area contributed by atoms with E-state index in [1.54, 1.807) is 7.11 Å². The van der Waals surface area contributed by atoms with Crippen molar-refractivity contribution < 1.29 is 26.3 Å².